The summed E-state index contributed by atoms with van der Waals surface area (Å²) < 4.78 is 7.64. The molecule has 130 valence electrons. The maximum atomic E-state index is 12.0. The van der Waals surface area contributed by atoms with Crippen LogP contribution in [0.3, 0.4) is 0 Å². The molecule has 1 aliphatic heterocycles. The number of rotatable bonds is 5. The SMILES string of the molecule is CC(C)(N)C(=O)Nc1ccc2c(ccn2CCN2CCOCC2)c1. The van der Waals surface area contributed by atoms with Crippen LogP contribution >= 0.6 is 0 Å². The zero-order valence-corrected chi connectivity index (χ0v) is 14.4. The van der Waals surface area contributed by atoms with Gasteiger partial charge in [0.2, 0.25) is 5.91 Å². The zero-order chi connectivity index (χ0) is 17.2. The number of morpholine rings is 1. The predicted octanol–water partition coefficient (Wildman–Crippen LogP) is 1.65. The summed E-state index contributed by atoms with van der Waals surface area (Å²) in [7, 11) is 0. The number of carbonyl (C=O) groups is 1. The van der Waals surface area contributed by atoms with Gasteiger partial charge in [-0.2, -0.15) is 0 Å². The van der Waals surface area contributed by atoms with Crippen LogP contribution in [0.2, 0.25) is 0 Å². The van der Waals surface area contributed by atoms with Gasteiger partial charge in [-0.3, -0.25) is 9.69 Å². The van der Waals surface area contributed by atoms with Gasteiger partial charge in [-0.05, 0) is 38.1 Å². The smallest absolute Gasteiger partial charge is 0.243 e. The molecule has 1 aromatic heterocycles. The Labute approximate surface area is 142 Å². The van der Waals surface area contributed by atoms with Crippen molar-refractivity contribution < 1.29 is 9.53 Å². The van der Waals surface area contributed by atoms with Gasteiger partial charge in [-0.1, -0.05) is 0 Å². The highest BCUT2D eigenvalue weighted by atomic mass is 16.5. The van der Waals surface area contributed by atoms with Crippen LogP contribution < -0.4 is 11.1 Å². The maximum absolute atomic E-state index is 12.0. The largest absolute Gasteiger partial charge is 0.379 e. The topological polar surface area (TPSA) is 72.5 Å². The molecule has 6 nitrogen and oxygen atoms in total. The first-order chi connectivity index (χ1) is 11.4. The second kappa shape index (κ2) is 6.93. The second-order valence-electron chi connectivity index (χ2n) is 6.91. The van der Waals surface area contributed by atoms with E-state index in [0.717, 1.165) is 50.5 Å². The van der Waals surface area contributed by atoms with E-state index in [1.807, 2.05) is 18.2 Å². The molecule has 1 saturated heterocycles. The molecule has 0 unspecified atom stereocenters. The van der Waals surface area contributed by atoms with Crippen LogP contribution in [0, 0.1) is 0 Å². The normalized spacial score (nSPS) is 16.5. The number of amides is 1. The first kappa shape index (κ1) is 17.0. The molecule has 0 aliphatic carbocycles. The first-order valence-electron chi connectivity index (χ1n) is 8.43. The van der Waals surface area contributed by atoms with Gasteiger partial charge in [0.15, 0.2) is 0 Å². The number of hydrogen-bond acceptors (Lipinski definition) is 4. The van der Waals surface area contributed by atoms with Crippen molar-refractivity contribution in [1.29, 1.82) is 0 Å². The van der Waals surface area contributed by atoms with Gasteiger partial charge >= 0.3 is 0 Å². The summed E-state index contributed by atoms with van der Waals surface area (Å²) in [5.41, 5.74) is 6.88. The van der Waals surface area contributed by atoms with Gasteiger partial charge < -0.3 is 20.4 Å². The van der Waals surface area contributed by atoms with E-state index < -0.39 is 5.54 Å². The molecule has 1 aliphatic rings. The molecule has 1 amide bonds. The number of nitrogens with zero attached hydrogens (tertiary/aromatic N) is 2. The van der Waals surface area contributed by atoms with E-state index in [-0.39, 0.29) is 5.91 Å². The number of aromatic nitrogens is 1. The zero-order valence-electron chi connectivity index (χ0n) is 14.4. The average molecular weight is 330 g/mol. The number of nitrogens with one attached hydrogen (secondary N) is 1. The number of hydrogen-bond donors (Lipinski definition) is 2. The fourth-order valence-electron chi connectivity index (χ4n) is 2.84. The van der Waals surface area contributed by atoms with E-state index in [2.05, 4.69) is 27.0 Å². The fourth-order valence-corrected chi connectivity index (χ4v) is 2.84. The Kier molecular flexibility index (Phi) is 4.89. The summed E-state index contributed by atoms with van der Waals surface area (Å²) in [5, 5.41) is 3.99. The highest BCUT2D eigenvalue weighted by Crippen LogP contribution is 2.21. The number of benzene rings is 1. The van der Waals surface area contributed by atoms with Crippen molar-refractivity contribution in [1.82, 2.24) is 9.47 Å². The second-order valence-corrected chi connectivity index (χ2v) is 6.91. The molecule has 3 rings (SSSR count). The van der Waals surface area contributed by atoms with Crippen LogP contribution in [-0.2, 0) is 16.1 Å². The van der Waals surface area contributed by atoms with Crippen LogP contribution in [0.1, 0.15) is 13.8 Å². The first-order valence-corrected chi connectivity index (χ1v) is 8.43. The summed E-state index contributed by atoms with van der Waals surface area (Å²) in [6.07, 6.45) is 2.10. The fraction of sp³-hybridized carbons (Fsp3) is 0.500. The molecule has 0 saturated carbocycles. The molecule has 3 N–H and O–H groups in total. The molecular weight excluding hydrogens is 304 g/mol. The van der Waals surface area contributed by atoms with Gasteiger partial charge in [0.1, 0.15) is 0 Å². The predicted molar refractivity (Wildman–Crippen MR) is 96.1 cm³/mol. The van der Waals surface area contributed by atoms with E-state index in [9.17, 15) is 4.79 Å². The molecule has 0 radical (unpaired) electrons. The lowest BCUT2D eigenvalue weighted by Crippen LogP contribution is -2.45. The van der Waals surface area contributed by atoms with E-state index >= 15 is 0 Å². The molecule has 2 aromatic rings. The van der Waals surface area contributed by atoms with Crippen molar-refractivity contribution in [2.45, 2.75) is 25.9 Å². The number of nitrogens with two attached hydrogens (primary N) is 1. The Morgan fingerprint density at radius 2 is 2.00 bits per heavy atom. The number of fused-ring (bicyclic) bond motifs is 1. The van der Waals surface area contributed by atoms with Gasteiger partial charge in [-0.15, -0.1) is 0 Å². The number of ether oxygens (including phenoxy) is 1. The van der Waals surface area contributed by atoms with Crippen molar-refractivity contribution in [3.05, 3.63) is 30.5 Å². The quantitative estimate of drug-likeness (QED) is 0.874. The molecule has 6 heteroatoms. The number of carbonyl (C=O) groups excluding carboxylic acids is 1. The molecule has 2 heterocycles. The monoisotopic (exact) mass is 330 g/mol. The van der Waals surface area contributed by atoms with Gasteiger partial charge in [0, 0.05) is 49.0 Å². The van der Waals surface area contributed by atoms with E-state index in [0.29, 0.717) is 0 Å². The summed E-state index contributed by atoms with van der Waals surface area (Å²) in [5.74, 6) is -0.186. The third-order valence-corrected chi connectivity index (χ3v) is 4.37. The van der Waals surface area contributed by atoms with Crippen molar-refractivity contribution in [3.63, 3.8) is 0 Å². The third-order valence-electron chi connectivity index (χ3n) is 4.37. The van der Waals surface area contributed by atoms with Crippen LogP contribution in [0.25, 0.3) is 10.9 Å². The highest BCUT2D eigenvalue weighted by molar-refractivity contribution is 5.98. The summed E-state index contributed by atoms with van der Waals surface area (Å²) in [4.78, 5) is 14.4. The molecule has 0 bridgehead atoms. The van der Waals surface area contributed by atoms with Gasteiger partial charge in [0.05, 0.1) is 18.8 Å². The molecule has 24 heavy (non-hydrogen) atoms. The van der Waals surface area contributed by atoms with Gasteiger partial charge in [0.25, 0.3) is 0 Å². The average Bonchev–Trinajstić information content (AvgIpc) is 2.95. The summed E-state index contributed by atoms with van der Waals surface area (Å²) >= 11 is 0. The summed E-state index contributed by atoms with van der Waals surface area (Å²) in [6.45, 7) is 9.03. The lowest BCUT2D eigenvalue weighted by atomic mass is 10.1. The minimum atomic E-state index is -0.890. The van der Waals surface area contributed by atoms with Crippen molar-refractivity contribution >= 4 is 22.5 Å². The highest BCUT2D eigenvalue weighted by Gasteiger charge is 2.21. The minimum absolute atomic E-state index is 0.186. The van der Waals surface area contributed by atoms with Crippen LogP contribution in [0.5, 0.6) is 0 Å². The molecular formula is C18H26N4O2. The van der Waals surface area contributed by atoms with Crippen LogP contribution in [0.15, 0.2) is 30.5 Å². The Bertz CT molecular complexity index is 711. The third kappa shape index (κ3) is 3.95. The Hall–Kier alpha value is -1.89. The lowest BCUT2D eigenvalue weighted by molar-refractivity contribution is -0.120. The Morgan fingerprint density at radius 3 is 2.71 bits per heavy atom. The number of anilines is 1. The molecule has 1 aromatic carbocycles. The van der Waals surface area contributed by atoms with E-state index in [4.69, 9.17) is 10.5 Å². The van der Waals surface area contributed by atoms with Crippen molar-refractivity contribution in [3.8, 4) is 0 Å². The molecule has 1 fully saturated rings. The Morgan fingerprint density at radius 1 is 1.25 bits per heavy atom. The van der Waals surface area contributed by atoms with Gasteiger partial charge in [-0.25, -0.2) is 0 Å². The molecule has 0 spiro atoms. The van der Waals surface area contributed by atoms with E-state index in [1.165, 1.54) is 5.52 Å². The Balaban J connectivity index is 1.68. The van der Waals surface area contributed by atoms with Crippen molar-refractivity contribution in [2.24, 2.45) is 5.73 Å². The minimum Gasteiger partial charge on any atom is -0.379 e. The molecule has 0 atom stereocenters. The summed E-state index contributed by atoms with van der Waals surface area (Å²) in [6, 6.07) is 8.05. The van der Waals surface area contributed by atoms with Crippen LogP contribution in [0.4, 0.5) is 5.69 Å². The lowest BCUT2D eigenvalue weighted by Gasteiger charge is -2.26. The van der Waals surface area contributed by atoms with Crippen LogP contribution in [-0.4, -0.2) is 53.8 Å². The maximum Gasteiger partial charge on any atom is 0.243 e. The van der Waals surface area contributed by atoms with E-state index in [1.54, 1.807) is 13.8 Å². The van der Waals surface area contributed by atoms with Crippen molar-refractivity contribution in [2.75, 3.05) is 38.2 Å². The standard InChI is InChI=1S/C18H26N4O2/c1-18(2,19)17(23)20-15-3-4-16-14(13-15)5-6-22(16)8-7-21-9-11-24-12-10-21/h3-6,13H,7-12,19H2,1-2H3,(H,20,23).